The Morgan fingerprint density at radius 2 is 1.32 bits per heavy atom. The molecule has 12 N–H and O–H groups in total. The van der Waals surface area contributed by atoms with E-state index in [2.05, 4.69) is 26.8 Å². The molecule has 0 spiro atoms. The lowest BCUT2D eigenvalue weighted by atomic mass is 9.34. The number of allylic oxidation sites excluding steroid dienone is 2. The van der Waals surface area contributed by atoms with Crippen LogP contribution in [0.3, 0.4) is 0 Å². The summed E-state index contributed by atoms with van der Waals surface area (Å²) < 4.78 is 43.4. The van der Waals surface area contributed by atoms with Crippen LogP contribution in [-0.4, -0.2) is 202 Å². The van der Waals surface area contributed by atoms with E-state index in [1.807, 2.05) is 34.6 Å². The lowest BCUT2D eigenvalue weighted by Crippen LogP contribution is -2.71. The second-order valence-corrected chi connectivity index (χ2v) is 24.1. The standard InChI is InChI=1S/C51H84O21/c1-22(2)11-10-14-51(9,72-45-39(64)36(61)34(59)27(20-52)68-45)24-12-16-49(7)33(24)25(54)17-29-48(6)15-13-30(55)47(4,5)43(48)26(19-50(29,49)8)67-46-42(37(62)35(60)28(21-53)69-46)71-44-40(65)38(63)41(23(3)66-44)70-32(58)18-31(56)57/h11,23-30,33-46,52-55,59-65H,10,12-21H2,1-9H3,(H,56,57)/t23-,24-,25+,26-,27+,28+,29+,30-,33-,34+,35+,36-,37-,38-,39+,40+,41-,42+,43-,44-,45-,46+,48+,49+,50+,51-/m0/s1. The van der Waals surface area contributed by atoms with Gasteiger partial charge in [0.1, 0.15) is 67.5 Å². The van der Waals surface area contributed by atoms with Gasteiger partial charge in [-0.15, -0.1) is 0 Å². The van der Waals surface area contributed by atoms with Crippen LogP contribution in [0, 0.1) is 45.3 Å². The van der Waals surface area contributed by atoms with Crippen molar-refractivity contribution in [2.75, 3.05) is 13.2 Å². The minimum absolute atomic E-state index is 0.136. The average molecular weight is 1030 g/mol. The van der Waals surface area contributed by atoms with Gasteiger partial charge in [-0.25, -0.2) is 0 Å². The van der Waals surface area contributed by atoms with Gasteiger partial charge in [-0.05, 0) is 124 Å². The SMILES string of the molecule is CC(C)=CCC[C@](C)(O[C@@H]1O[C@H](CO)[C@@H](O)[C@H](O)[C@H]1O)[C@H]1CC[C@]2(C)[C@@H]1[C@H](O)C[C@@H]1[C@@]3(C)CC[C@H](O)C(C)(C)[C@@H]3[C@@H](O[C@@H]3O[C@H](CO)[C@@H](O)[C@H](O)[C@H]3O[C@@H]3O[C@@H](C)[C@H](OC(=O)CC(=O)O)[C@@H](O)[C@H]3O)C[C@]12C. The first kappa shape index (κ1) is 57.7. The Morgan fingerprint density at radius 3 is 1.93 bits per heavy atom. The van der Waals surface area contributed by atoms with E-state index < -0.39 is 181 Å². The highest BCUT2D eigenvalue weighted by Crippen LogP contribution is 2.76. The highest BCUT2D eigenvalue weighted by Gasteiger charge is 2.74. The van der Waals surface area contributed by atoms with Crippen molar-refractivity contribution in [3.63, 3.8) is 0 Å². The molecular weight excluding hydrogens is 949 g/mol. The van der Waals surface area contributed by atoms with E-state index in [1.54, 1.807) is 0 Å². The second kappa shape index (κ2) is 21.4. The van der Waals surface area contributed by atoms with Crippen LogP contribution in [0.2, 0.25) is 0 Å². The molecule has 0 unspecified atom stereocenters. The molecule has 4 aliphatic carbocycles. The third kappa shape index (κ3) is 10.1. The molecule has 0 aromatic rings. The average Bonchev–Trinajstić information content (AvgIpc) is 3.69. The van der Waals surface area contributed by atoms with E-state index in [-0.39, 0.29) is 11.8 Å². The van der Waals surface area contributed by atoms with Crippen molar-refractivity contribution in [1.29, 1.82) is 0 Å². The summed E-state index contributed by atoms with van der Waals surface area (Å²) in [5.41, 5.74) is -2.71. The number of hydrogen-bond donors (Lipinski definition) is 12. The first-order valence-corrected chi connectivity index (χ1v) is 25.8. The highest BCUT2D eigenvalue weighted by molar-refractivity contribution is 5.90. The van der Waals surface area contributed by atoms with Crippen LogP contribution in [0.5, 0.6) is 0 Å². The van der Waals surface area contributed by atoms with E-state index in [9.17, 15) is 65.8 Å². The predicted octanol–water partition coefficient (Wildman–Crippen LogP) is -0.00280. The van der Waals surface area contributed by atoms with Crippen molar-refractivity contribution in [2.24, 2.45) is 45.3 Å². The predicted molar refractivity (Wildman–Crippen MR) is 250 cm³/mol. The number of rotatable bonds is 15. The Labute approximate surface area is 421 Å². The Balaban J connectivity index is 1.24. The van der Waals surface area contributed by atoms with Gasteiger partial charge in [0.15, 0.2) is 25.0 Å². The van der Waals surface area contributed by atoms with E-state index in [4.69, 9.17) is 38.3 Å². The third-order valence-electron chi connectivity index (χ3n) is 19.2. The Bertz CT molecular complexity index is 1930. The second-order valence-electron chi connectivity index (χ2n) is 24.1. The lowest BCUT2D eigenvalue weighted by molar-refractivity contribution is -0.382. The first-order valence-electron chi connectivity index (χ1n) is 25.8. The van der Waals surface area contributed by atoms with E-state index in [0.29, 0.717) is 51.4 Å². The zero-order valence-corrected chi connectivity index (χ0v) is 43.1. The van der Waals surface area contributed by atoms with Crippen LogP contribution in [0.1, 0.15) is 120 Å². The summed E-state index contributed by atoms with van der Waals surface area (Å²) in [5, 5.41) is 132. The van der Waals surface area contributed by atoms with Crippen molar-refractivity contribution in [3.8, 4) is 0 Å². The molecule has 21 heteroatoms. The zero-order chi connectivity index (χ0) is 53.4. The van der Waals surface area contributed by atoms with Crippen molar-refractivity contribution in [3.05, 3.63) is 11.6 Å². The molecule has 7 rings (SSSR count). The molecule has 4 saturated carbocycles. The third-order valence-corrected chi connectivity index (χ3v) is 19.2. The summed E-state index contributed by atoms with van der Waals surface area (Å²) in [7, 11) is 0. The van der Waals surface area contributed by atoms with Gasteiger partial charge in [-0.1, -0.05) is 46.3 Å². The molecule has 21 nitrogen and oxygen atoms in total. The fraction of sp³-hybridized carbons (Fsp3) is 0.922. The number of aliphatic hydroxyl groups is 11. The van der Waals surface area contributed by atoms with Crippen LogP contribution in [0.4, 0.5) is 0 Å². The summed E-state index contributed by atoms with van der Waals surface area (Å²) in [6.45, 7) is 16.4. The lowest BCUT2D eigenvalue weighted by Gasteiger charge is -2.72. The van der Waals surface area contributed by atoms with E-state index in [0.717, 1.165) is 5.57 Å². The Hall–Kier alpha value is -2.00. The molecule has 3 saturated heterocycles. The molecule has 0 aromatic heterocycles. The molecule has 3 aliphatic heterocycles. The largest absolute Gasteiger partial charge is 0.481 e. The minimum atomic E-state index is -1.94. The number of carbonyl (C=O) groups is 2. The van der Waals surface area contributed by atoms with E-state index >= 15 is 0 Å². The summed E-state index contributed by atoms with van der Waals surface area (Å²) in [5.74, 6) is -3.97. The summed E-state index contributed by atoms with van der Waals surface area (Å²) in [6, 6.07) is 0. The van der Waals surface area contributed by atoms with Gasteiger partial charge >= 0.3 is 11.9 Å². The van der Waals surface area contributed by atoms with Crippen molar-refractivity contribution >= 4 is 11.9 Å². The monoisotopic (exact) mass is 1030 g/mol. The number of aliphatic carboxylic acids is 1. The maximum Gasteiger partial charge on any atom is 0.317 e. The molecule has 0 bridgehead atoms. The van der Waals surface area contributed by atoms with Crippen molar-refractivity contribution < 1.29 is 104 Å². The van der Waals surface area contributed by atoms with Crippen LogP contribution < -0.4 is 0 Å². The van der Waals surface area contributed by atoms with Crippen molar-refractivity contribution in [2.45, 2.75) is 236 Å². The number of carboxylic acid groups (broad SMARTS) is 1. The molecule has 0 radical (unpaired) electrons. The summed E-state index contributed by atoms with van der Waals surface area (Å²) in [4.78, 5) is 23.4. The molecule has 7 aliphatic rings. The Morgan fingerprint density at radius 1 is 0.722 bits per heavy atom. The topological polar surface area (TPSA) is 342 Å². The van der Waals surface area contributed by atoms with Gasteiger partial charge in [-0.2, -0.15) is 0 Å². The van der Waals surface area contributed by atoms with Gasteiger partial charge in [0.25, 0.3) is 0 Å². The summed E-state index contributed by atoms with van der Waals surface area (Å²) >= 11 is 0. The molecule has 3 heterocycles. The number of aliphatic hydroxyl groups excluding tert-OH is 11. The van der Waals surface area contributed by atoms with Crippen LogP contribution in [0.25, 0.3) is 0 Å². The van der Waals surface area contributed by atoms with Gasteiger partial charge in [0, 0.05) is 0 Å². The molecule has 72 heavy (non-hydrogen) atoms. The fourth-order valence-electron chi connectivity index (χ4n) is 15.3. The molecular formula is C51H84O21. The van der Waals surface area contributed by atoms with Crippen LogP contribution >= 0.6 is 0 Å². The number of esters is 1. The van der Waals surface area contributed by atoms with Gasteiger partial charge in [0.2, 0.25) is 0 Å². The molecule has 26 atom stereocenters. The maximum atomic E-state index is 12.8. The smallest absolute Gasteiger partial charge is 0.317 e. The maximum absolute atomic E-state index is 12.8. The molecule has 414 valence electrons. The van der Waals surface area contributed by atoms with Gasteiger partial charge < -0.3 is 94.4 Å². The van der Waals surface area contributed by atoms with E-state index in [1.165, 1.54) is 6.92 Å². The summed E-state index contributed by atoms with van der Waals surface area (Å²) in [6.07, 6.45) is -21.3. The highest BCUT2D eigenvalue weighted by atomic mass is 16.8. The number of hydrogen-bond acceptors (Lipinski definition) is 20. The Kier molecular flexibility index (Phi) is 17.2. The fourth-order valence-corrected chi connectivity index (χ4v) is 15.3. The molecule has 0 amide bonds. The van der Waals surface area contributed by atoms with Crippen LogP contribution in [0.15, 0.2) is 11.6 Å². The molecule has 7 fully saturated rings. The quantitative estimate of drug-likeness (QED) is 0.0444. The first-order chi connectivity index (χ1) is 33.5. The van der Waals surface area contributed by atoms with Gasteiger partial charge in [-0.3, -0.25) is 9.59 Å². The minimum Gasteiger partial charge on any atom is -0.481 e. The zero-order valence-electron chi connectivity index (χ0n) is 43.1. The number of carboxylic acids is 1. The van der Waals surface area contributed by atoms with Crippen molar-refractivity contribution in [1.82, 2.24) is 0 Å². The number of fused-ring (bicyclic) bond motifs is 5. The number of carbonyl (C=O) groups excluding carboxylic acids is 1. The van der Waals surface area contributed by atoms with Gasteiger partial charge in [0.05, 0.1) is 43.2 Å². The molecule has 0 aromatic carbocycles. The van der Waals surface area contributed by atoms with Crippen LogP contribution in [-0.2, 0) is 42.7 Å². The number of ether oxygens (including phenoxy) is 7. The normalized spacial score (nSPS) is 49.9.